The Morgan fingerprint density at radius 3 is 2.16 bits per heavy atom. The molecule has 1 aliphatic rings. The van der Waals surface area contributed by atoms with Gasteiger partial charge in [0.2, 0.25) is 0 Å². The number of esters is 2. The largest absolute Gasteiger partial charge is 0.491 e. The first kappa shape index (κ1) is 34.9. The van der Waals surface area contributed by atoms with Crippen LogP contribution in [0.3, 0.4) is 0 Å². The van der Waals surface area contributed by atoms with Crippen LogP contribution >= 0.6 is 0 Å². The maximum Gasteiger partial charge on any atom is 0.491 e. The number of hydrogen-bond acceptors (Lipinski definition) is 6. The van der Waals surface area contributed by atoms with Gasteiger partial charge in [0.25, 0.3) is 11.8 Å². The molecule has 50 heavy (non-hydrogen) atoms. The van der Waals surface area contributed by atoms with Gasteiger partial charge in [0.1, 0.15) is 6.04 Å². The third-order valence-corrected chi connectivity index (χ3v) is 7.82. The van der Waals surface area contributed by atoms with Crippen molar-refractivity contribution in [2.75, 3.05) is 11.9 Å². The molecule has 0 radical (unpaired) electrons. The summed E-state index contributed by atoms with van der Waals surface area (Å²) in [6.07, 6.45) is -6.30. The number of rotatable bonds is 7. The fraction of sp³-hybridized carbons (Fsp3) is 0.162. The second-order valence-corrected chi connectivity index (χ2v) is 11.2. The van der Waals surface area contributed by atoms with E-state index in [1.54, 1.807) is 91.0 Å². The number of nitrogens with zero attached hydrogens (tertiary/aromatic N) is 3. The summed E-state index contributed by atoms with van der Waals surface area (Å²) >= 11 is 0. The lowest BCUT2D eigenvalue weighted by molar-refractivity contribution is -0.202. The average molecular weight is 682 g/mol. The lowest BCUT2D eigenvalue weighted by Crippen LogP contribution is -2.44. The molecule has 10 nitrogen and oxygen atoms in total. The van der Waals surface area contributed by atoms with Crippen LogP contribution in [0.15, 0.2) is 108 Å². The summed E-state index contributed by atoms with van der Waals surface area (Å²) in [6.45, 7) is 0.254. The van der Waals surface area contributed by atoms with Crippen molar-refractivity contribution in [3.63, 3.8) is 0 Å². The Bertz CT molecular complexity index is 2020. The van der Waals surface area contributed by atoms with Gasteiger partial charge in [0.15, 0.2) is 5.96 Å². The Morgan fingerprint density at radius 2 is 1.52 bits per heavy atom. The zero-order valence-corrected chi connectivity index (χ0v) is 26.6. The molecular weight excluding hydrogens is 651 g/mol. The third-order valence-electron chi connectivity index (χ3n) is 7.82. The van der Waals surface area contributed by atoms with Gasteiger partial charge in [0, 0.05) is 18.2 Å². The van der Waals surface area contributed by atoms with Gasteiger partial charge < -0.3 is 26.0 Å². The predicted octanol–water partition coefficient (Wildman–Crippen LogP) is 4.78. The molecule has 0 saturated heterocycles. The van der Waals surface area contributed by atoms with Gasteiger partial charge in [-0.3, -0.25) is 14.4 Å². The Morgan fingerprint density at radius 1 is 0.880 bits per heavy atom. The van der Waals surface area contributed by atoms with E-state index in [1.807, 2.05) is 6.07 Å². The van der Waals surface area contributed by atoms with Crippen LogP contribution in [0.25, 0.3) is 0 Å². The van der Waals surface area contributed by atoms with E-state index in [1.165, 1.54) is 18.0 Å². The van der Waals surface area contributed by atoms with Crippen molar-refractivity contribution in [3.8, 4) is 11.8 Å². The van der Waals surface area contributed by atoms with Crippen LogP contribution in [0.5, 0.6) is 0 Å². The number of alkyl halides is 3. The molecule has 1 heterocycles. The minimum atomic E-state index is -5.42. The third kappa shape index (κ3) is 7.99. The second-order valence-electron chi connectivity index (χ2n) is 11.2. The normalized spacial score (nSPS) is 14.8. The molecule has 2 unspecified atom stereocenters. The molecule has 0 aromatic heterocycles. The topological polar surface area (TPSA) is 148 Å². The van der Waals surface area contributed by atoms with Gasteiger partial charge in [-0.2, -0.15) is 13.2 Å². The van der Waals surface area contributed by atoms with Crippen LogP contribution in [-0.4, -0.2) is 47.8 Å². The molecule has 4 aromatic rings. The number of benzene rings is 4. The highest BCUT2D eigenvalue weighted by Crippen LogP contribution is 2.41. The molecule has 2 amide bonds. The van der Waals surface area contributed by atoms with Crippen molar-refractivity contribution < 1.29 is 37.1 Å². The summed E-state index contributed by atoms with van der Waals surface area (Å²) in [5.74, 6) is 0.531. The molecule has 4 aromatic carbocycles. The molecular formula is C37H30F3N5O5. The number of ether oxygens (including phenoxy) is 1. The summed E-state index contributed by atoms with van der Waals surface area (Å²) in [5, 5.41) is 0. The van der Waals surface area contributed by atoms with Crippen molar-refractivity contribution in [1.29, 1.82) is 0 Å². The molecule has 0 spiro atoms. The van der Waals surface area contributed by atoms with Crippen LogP contribution in [0, 0.1) is 11.8 Å². The predicted molar refractivity (Wildman–Crippen MR) is 178 cm³/mol. The van der Waals surface area contributed by atoms with E-state index in [2.05, 4.69) is 21.6 Å². The fourth-order valence-corrected chi connectivity index (χ4v) is 5.50. The molecule has 2 atom stereocenters. The number of halogens is 3. The zero-order chi connectivity index (χ0) is 36.0. The van der Waals surface area contributed by atoms with Gasteiger partial charge >= 0.3 is 18.1 Å². The Kier molecular flexibility index (Phi) is 10.3. The number of likely N-dealkylation sites (N-methyl/N-ethyl adjacent to an activating group) is 1. The molecule has 5 rings (SSSR count). The van der Waals surface area contributed by atoms with E-state index in [0.29, 0.717) is 22.3 Å². The van der Waals surface area contributed by atoms with E-state index < -0.39 is 48.4 Å². The summed E-state index contributed by atoms with van der Waals surface area (Å²) in [7, 11) is 1.50. The smallest absolute Gasteiger partial charge is 0.386 e. The number of aliphatic imine (C=N–C) groups is 1. The second kappa shape index (κ2) is 14.8. The maximum atomic E-state index is 14.8. The summed E-state index contributed by atoms with van der Waals surface area (Å²) in [4.78, 5) is 60.0. The van der Waals surface area contributed by atoms with E-state index in [0.717, 1.165) is 10.5 Å². The number of fused-ring (bicyclic) bond motifs is 1. The van der Waals surface area contributed by atoms with E-state index in [4.69, 9.17) is 11.5 Å². The number of guanidine groups is 1. The lowest BCUT2D eigenvalue weighted by Gasteiger charge is -2.36. The van der Waals surface area contributed by atoms with Crippen LogP contribution in [0.4, 0.5) is 18.9 Å². The fourth-order valence-electron chi connectivity index (χ4n) is 5.50. The van der Waals surface area contributed by atoms with Gasteiger partial charge in [-0.15, -0.1) is 0 Å². The minimum Gasteiger partial charge on any atom is -0.386 e. The summed E-state index contributed by atoms with van der Waals surface area (Å²) in [5.41, 5.74) is 13.7. The number of amides is 2. The van der Waals surface area contributed by atoms with Crippen molar-refractivity contribution in [2.24, 2.45) is 16.5 Å². The van der Waals surface area contributed by atoms with Crippen molar-refractivity contribution in [2.45, 2.75) is 31.2 Å². The number of anilines is 1. The highest BCUT2D eigenvalue weighted by atomic mass is 19.4. The van der Waals surface area contributed by atoms with Gasteiger partial charge in [0.05, 0.1) is 30.3 Å². The van der Waals surface area contributed by atoms with E-state index >= 15 is 0 Å². The monoisotopic (exact) mass is 681 g/mol. The summed E-state index contributed by atoms with van der Waals surface area (Å²) in [6, 6.07) is 25.6. The van der Waals surface area contributed by atoms with Crippen molar-refractivity contribution in [1.82, 2.24) is 4.90 Å². The Labute approximate surface area is 285 Å². The Hall–Kier alpha value is -6.42. The zero-order valence-electron chi connectivity index (χ0n) is 26.6. The average Bonchev–Trinajstić information content (AvgIpc) is 3.18. The molecule has 0 bridgehead atoms. The van der Waals surface area contributed by atoms with Gasteiger partial charge in [-0.05, 0) is 47.0 Å². The number of nitrogens with two attached hydrogens (primary N) is 2. The van der Waals surface area contributed by atoms with Crippen LogP contribution in [0.1, 0.15) is 56.7 Å². The van der Waals surface area contributed by atoms with Crippen molar-refractivity contribution in [3.05, 3.63) is 137 Å². The highest BCUT2D eigenvalue weighted by Gasteiger charge is 2.46. The number of carbonyl (C=O) groups is 4. The standard InChI is InChI=1S/C37H30F3N5O5/c1-44-29-18-17-24(16-15-23-9-8-10-25(19-23)22-43-36(41)42)20-28(29)33(47)45(32(34(44)48)27-13-6-3-7-14-27)30(26-11-4-2-5-12-26)21-31(46)50-35(49)37(38,39)40/h2-14,17-20,30,32H,21-22H2,1H3,(H4,41,42,43). The lowest BCUT2D eigenvalue weighted by atomic mass is 9.95. The highest BCUT2D eigenvalue weighted by molar-refractivity contribution is 6.11. The first-order valence-electron chi connectivity index (χ1n) is 15.2. The number of hydrogen-bond donors (Lipinski definition) is 2. The molecule has 0 aliphatic carbocycles. The summed E-state index contributed by atoms with van der Waals surface area (Å²) < 4.78 is 43.2. The molecule has 13 heteroatoms. The van der Waals surface area contributed by atoms with Crippen LogP contribution in [-0.2, 0) is 25.7 Å². The first-order valence-corrected chi connectivity index (χ1v) is 15.2. The van der Waals surface area contributed by atoms with Gasteiger partial charge in [-0.25, -0.2) is 9.79 Å². The molecule has 4 N–H and O–H groups in total. The van der Waals surface area contributed by atoms with E-state index in [9.17, 15) is 32.3 Å². The van der Waals surface area contributed by atoms with Crippen LogP contribution < -0.4 is 16.4 Å². The SMILES string of the molecule is CN1C(=O)C(c2ccccc2)N(C(CC(=O)OC(=O)C(F)(F)F)c2ccccc2)C(=O)c2cc(C#Cc3cccc(CN=C(N)N)c3)ccc21. The van der Waals surface area contributed by atoms with E-state index in [-0.39, 0.29) is 23.8 Å². The molecule has 0 fully saturated rings. The minimum absolute atomic E-state index is 0.0493. The Balaban J connectivity index is 1.61. The molecule has 1 aliphatic heterocycles. The first-order chi connectivity index (χ1) is 23.8. The molecule has 0 saturated carbocycles. The maximum absolute atomic E-state index is 14.8. The van der Waals surface area contributed by atoms with Gasteiger partial charge in [-0.1, -0.05) is 84.6 Å². The van der Waals surface area contributed by atoms with Crippen molar-refractivity contribution >= 4 is 35.4 Å². The quantitative estimate of drug-likeness (QED) is 0.0938. The number of carbonyl (C=O) groups excluding carboxylic acids is 4. The van der Waals surface area contributed by atoms with Crippen LogP contribution in [0.2, 0.25) is 0 Å². The molecule has 254 valence electrons.